The van der Waals surface area contributed by atoms with E-state index in [0.29, 0.717) is 0 Å². The topological polar surface area (TPSA) is 37.7 Å². The predicted octanol–water partition coefficient (Wildman–Crippen LogP) is 6.54. The summed E-state index contributed by atoms with van der Waals surface area (Å²) in [6.45, 7) is 2.10. The van der Waals surface area contributed by atoms with Crippen molar-refractivity contribution in [3.05, 3.63) is 87.4 Å². The summed E-state index contributed by atoms with van der Waals surface area (Å²) in [5.41, 5.74) is 5.57. The minimum absolute atomic E-state index is 0.166. The van der Waals surface area contributed by atoms with E-state index in [1.165, 1.54) is 10.4 Å². The second kappa shape index (κ2) is 8.05. The van der Waals surface area contributed by atoms with Crippen LogP contribution >= 0.6 is 22.7 Å². The zero-order valence-corrected chi connectivity index (χ0v) is 18.4. The van der Waals surface area contributed by atoms with Crippen molar-refractivity contribution in [2.75, 3.05) is 12.1 Å². The van der Waals surface area contributed by atoms with Gasteiger partial charge in [-0.2, -0.15) is 5.10 Å². The maximum atomic E-state index is 5.30. The van der Waals surface area contributed by atoms with Gasteiger partial charge in [0, 0.05) is 22.2 Å². The second-order valence-electron chi connectivity index (χ2n) is 7.24. The maximum absolute atomic E-state index is 5.30. The third kappa shape index (κ3) is 3.64. The second-order valence-corrected chi connectivity index (χ2v) is 9.05. The number of thiazole rings is 1. The van der Waals surface area contributed by atoms with Crippen molar-refractivity contribution in [2.24, 2.45) is 5.10 Å². The van der Waals surface area contributed by atoms with Gasteiger partial charge in [0.15, 0.2) is 0 Å². The van der Waals surface area contributed by atoms with Crippen LogP contribution in [0.15, 0.2) is 76.5 Å². The first-order valence-electron chi connectivity index (χ1n) is 9.78. The summed E-state index contributed by atoms with van der Waals surface area (Å²) < 4.78 is 5.30. The number of hydrazone groups is 1. The van der Waals surface area contributed by atoms with Crippen LogP contribution in [0, 0.1) is 6.92 Å². The van der Waals surface area contributed by atoms with Crippen molar-refractivity contribution in [1.82, 2.24) is 4.98 Å². The van der Waals surface area contributed by atoms with Crippen LogP contribution in [0.1, 0.15) is 28.5 Å². The van der Waals surface area contributed by atoms with Crippen LogP contribution in [-0.4, -0.2) is 17.8 Å². The molecule has 5 rings (SSSR count). The number of hydrogen-bond acceptors (Lipinski definition) is 6. The number of thiophene rings is 1. The van der Waals surface area contributed by atoms with Crippen LogP contribution in [0.2, 0.25) is 0 Å². The van der Waals surface area contributed by atoms with E-state index >= 15 is 0 Å². The quantitative estimate of drug-likeness (QED) is 0.360. The van der Waals surface area contributed by atoms with Gasteiger partial charge in [0.05, 0.1) is 24.6 Å². The highest BCUT2D eigenvalue weighted by molar-refractivity contribution is 7.14. The van der Waals surface area contributed by atoms with Crippen molar-refractivity contribution in [2.45, 2.75) is 19.4 Å². The lowest BCUT2D eigenvalue weighted by molar-refractivity contribution is 0.415. The van der Waals surface area contributed by atoms with Gasteiger partial charge in [-0.3, -0.25) is 0 Å². The summed E-state index contributed by atoms with van der Waals surface area (Å²) in [6, 6.07) is 21.1. The van der Waals surface area contributed by atoms with E-state index in [2.05, 4.69) is 71.2 Å². The zero-order chi connectivity index (χ0) is 20.5. The van der Waals surface area contributed by atoms with E-state index in [1.54, 1.807) is 29.8 Å². The molecule has 2 aromatic carbocycles. The molecule has 0 aliphatic carbocycles. The predicted molar refractivity (Wildman–Crippen MR) is 126 cm³/mol. The summed E-state index contributed by atoms with van der Waals surface area (Å²) in [6.07, 6.45) is 0.853. The average molecular weight is 432 g/mol. The van der Waals surface area contributed by atoms with E-state index in [0.717, 1.165) is 39.8 Å². The van der Waals surface area contributed by atoms with E-state index in [-0.39, 0.29) is 6.04 Å². The number of anilines is 1. The lowest BCUT2D eigenvalue weighted by Gasteiger charge is -2.19. The molecule has 1 atom stereocenters. The Labute approximate surface area is 184 Å². The van der Waals surface area contributed by atoms with E-state index in [4.69, 9.17) is 14.8 Å². The molecule has 30 heavy (non-hydrogen) atoms. The number of hydrogen-bond donors (Lipinski definition) is 0. The van der Waals surface area contributed by atoms with Gasteiger partial charge in [-0.05, 0) is 48.2 Å². The van der Waals surface area contributed by atoms with Crippen molar-refractivity contribution in [3.63, 3.8) is 0 Å². The van der Waals surface area contributed by atoms with Crippen molar-refractivity contribution in [3.8, 4) is 17.0 Å². The maximum Gasteiger partial charge on any atom is 0.207 e. The third-order valence-corrected chi connectivity index (χ3v) is 7.04. The Balaban J connectivity index is 1.50. The van der Waals surface area contributed by atoms with Crippen molar-refractivity contribution < 1.29 is 4.74 Å². The Kier molecular flexibility index (Phi) is 5.11. The first-order valence-corrected chi connectivity index (χ1v) is 11.5. The first-order chi connectivity index (χ1) is 14.7. The molecule has 1 aliphatic rings. The molecule has 1 unspecified atom stereocenters. The Bertz CT molecular complexity index is 1160. The molecule has 0 saturated carbocycles. The minimum atomic E-state index is 0.166. The van der Waals surface area contributed by atoms with Gasteiger partial charge in [0.25, 0.3) is 0 Å². The van der Waals surface area contributed by atoms with Crippen LogP contribution < -0.4 is 9.75 Å². The van der Waals surface area contributed by atoms with Crippen molar-refractivity contribution >= 4 is 33.5 Å². The molecule has 1 aliphatic heterocycles. The van der Waals surface area contributed by atoms with E-state index in [9.17, 15) is 0 Å². The Morgan fingerprint density at radius 2 is 1.73 bits per heavy atom. The number of ether oxygens (including phenoxy) is 1. The smallest absolute Gasteiger partial charge is 0.207 e. The number of methoxy groups -OCH3 is 1. The molecular formula is C24H21N3OS2. The number of rotatable bonds is 5. The summed E-state index contributed by atoms with van der Waals surface area (Å²) in [4.78, 5) is 6.23. The van der Waals surface area contributed by atoms with E-state index < -0.39 is 0 Å². The van der Waals surface area contributed by atoms with Crippen LogP contribution in [0.5, 0.6) is 5.75 Å². The van der Waals surface area contributed by atoms with Gasteiger partial charge in [0.1, 0.15) is 5.75 Å². The molecule has 3 heterocycles. The molecule has 0 fully saturated rings. The SMILES string of the molecule is COc1ccc(C2=NN(c3nc(-c4ccc(C)cc4)cs3)C(c3cccs3)C2)cc1. The Hall–Kier alpha value is -2.96. The van der Waals surface area contributed by atoms with Crippen LogP contribution in [0.4, 0.5) is 5.13 Å². The number of aryl methyl sites for hydroxylation is 1. The van der Waals surface area contributed by atoms with Crippen LogP contribution in [0.3, 0.4) is 0 Å². The number of nitrogens with zero attached hydrogens (tertiary/aromatic N) is 3. The van der Waals surface area contributed by atoms with Crippen molar-refractivity contribution in [1.29, 1.82) is 0 Å². The summed E-state index contributed by atoms with van der Waals surface area (Å²) in [5.74, 6) is 0.853. The molecule has 4 nitrogen and oxygen atoms in total. The highest BCUT2D eigenvalue weighted by atomic mass is 32.1. The standard InChI is InChI=1S/C24H21N3OS2/c1-16-5-7-18(8-6-16)21-15-30-24(25-21)27-22(23-4-3-13-29-23)14-20(26-27)17-9-11-19(28-2)12-10-17/h3-13,15,22H,14H2,1-2H3. The normalized spacial score (nSPS) is 16.0. The zero-order valence-electron chi connectivity index (χ0n) is 16.8. The highest BCUT2D eigenvalue weighted by Crippen LogP contribution is 2.40. The minimum Gasteiger partial charge on any atom is -0.497 e. The van der Waals surface area contributed by atoms with Gasteiger partial charge in [0.2, 0.25) is 5.13 Å². The molecule has 4 aromatic rings. The van der Waals surface area contributed by atoms with Gasteiger partial charge < -0.3 is 4.74 Å². The molecule has 0 saturated heterocycles. The van der Waals surface area contributed by atoms with Crippen LogP contribution in [-0.2, 0) is 0 Å². The molecular weight excluding hydrogens is 410 g/mol. The number of aromatic nitrogens is 1. The fourth-order valence-electron chi connectivity index (χ4n) is 3.57. The molecule has 150 valence electrons. The monoisotopic (exact) mass is 431 g/mol. The highest BCUT2D eigenvalue weighted by Gasteiger charge is 2.32. The fraction of sp³-hybridized carbons (Fsp3) is 0.167. The van der Waals surface area contributed by atoms with Gasteiger partial charge in [-0.15, -0.1) is 22.7 Å². The van der Waals surface area contributed by atoms with Gasteiger partial charge in [-0.1, -0.05) is 35.9 Å². The molecule has 2 aromatic heterocycles. The average Bonchev–Trinajstić information content (AvgIpc) is 3.54. The van der Waals surface area contributed by atoms with Gasteiger partial charge >= 0.3 is 0 Å². The molecule has 6 heteroatoms. The first kappa shape index (κ1) is 19.0. The Morgan fingerprint density at radius 1 is 0.967 bits per heavy atom. The molecule has 0 radical (unpaired) electrons. The molecule has 0 bridgehead atoms. The summed E-state index contributed by atoms with van der Waals surface area (Å²) in [5, 5.41) is 12.3. The van der Waals surface area contributed by atoms with Crippen LogP contribution in [0.25, 0.3) is 11.3 Å². The molecule has 0 amide bonds. The largest absolute Gasteiger partial charge is 0.497 e. The Morgan fingerprint density at radius 3 is 2.43 bits per heavy atom. The number of benzene rings is 2. The fourth-order valence-corrected chi connectivity index (χ4v) is 5.22. The third-order valence-electron chi connectivity index (χ3n) is 5.24. The lowest BCUT2D eigenvalue weighted by atomic mass is 10.0. The summed E-state index contributed by atoms with van der Waals surface area (Å²) in [7, 11) is 1.69. The molecule has 0 spiro atoms. The van der Waals surface area contributed by atoms with Gasteiger partial charge in [-0.25, -0.2) is 9.99 Å². The lowest BCUT2D eigenvalue weighted by Crippen LogP contribution is -2.17. The summed E-state index contributed by atoms with van der Waals surface area (Å²) >= 11 is 3.41. The van der Waals surface area contributed by atoms with E-state index in [1.807, 2.05) is 12.1 Å². The molecule has 0 N–H and O–H groups in total.